The van der Waals surface area contributed by atoms with Crippen LogP contribution in [0.1, 0.15) is 21.5 Å². The fourth-order valence-corrected chi connectivity index (χ4v) is 3.94. The predicted octanol–water partition coefficient (Wildman–Crippen LogP) is 2.30. The predicted molar refractivity (Wildman–Crippen MR) is 86.4 cm³/mol. The third-order valence-corrected chi connectivity index (χ3v) is 5.60. The van der Waals surface area contributed by atoms with Crippen molar-refractivity contribution in [3.8, 4) is 6.07 Å². The van der Waals surface area contributed by atoms with Crippen molar-refractivity contribution in [3.63, 3.8) is 0 Å². The molecule has 0 bridgehead atoms. The Hall–Kier alpha value is -3.11. The number of benzene rings is 2. The van der Waals surface area contributed by atoms with Gasteiger partial charge in [-0.1, -0.05) is 24.3 Å². The highest BCUT2D eigenvalue weighted by Crippen LogP contribution is 2.34. The molecule has 0 radical (unpaired) electrons. The molecule has 1 aliphatic rings. The molecule has 0 saturated heterocycles. The monoisotopic (exact) mass is 340 g/mol. The first-order valence-corrected chi connectivity index (χ1v) is 8.38. The van der Waals surface area contributed by atoms with Crippen molar-refractivity contribution in [1.82, 2.24) is 4.31 Å². The molecular formula is C17H12N2O4S. The van der Waals surface area contributed by atoms with Gasteiger partial charge in [0.05, 0.1) is 16.5 Å². The smallest absolute Gasteiger partial charge is 0.265 e. The molecule has 0 atom stereocenters. The van der Waals surface area contributed by atoms with E-state index < -0.39 is 21.6 Å². The number of aliphatic hydroxyl groups is 1. The number of carbonyl (C=O) groups is 1. The van der Waals surface area contributed by atoms with E-state index in [-0.39, 0.29) is 27.3 Å². The number of nitrogens with zero attached hydrogens (tertiary/aromatic N) is 2. The second-order valence-electron chi connectivity index (χ2n) is 5.19. The fraction of sp³-hybridized carbons (Fsp3) is 0.0588. The molecule has 120 valence electrons. The lowest BCUT2D eigenvalue weighted by molar-refractivity contribution is 0.100. The Bertz CT molecular complexity index is 1030. The van der Waals surface area contributed by atoms with E-state index in [1.54, 1.807) is 18.2 Å². The molecule has 6 nitrogen and oxygen atoms in total. The van der Waals surface area contributed by atoms with E-state index in [2.05, 4.69) is 0 Å². The summed E-state index contributed by atoms with van der Waals surface area (Å²) in [5, 5.41) is 19.5. The number of likely N-dealkylation sites (N-methyl/N-ethyl adjacent to an activating group) is 1. The minimum atomic E-state index is -3.94. The van der Waals surface area contributed by atoms with Crippen LogP contribution in [-0.2, 0) is 10.0 Å². The summed E-state index contributed by atoms with van der Waals surface area (Å²) in [6.45, 7) is 0. The summed E-state index contributed by atoms with van der Waals surface area (Å²) in [4.78, 5) is 12.6. The highest BCUT2D eigenvalue weighted by molar-refractivity contribution is 7.89. The van der Waals surface area contributed by atoms with Crippen LogP contribution in [0.2, 0.25) is 0 Å². The van der Waals surface area contributed by atoms with Gasteiger partial charge in [-0.2, -0.15) is 5.26 Å². The number of rotatable bonds is 1. The summed E-state index contributed by atoms with van der Waals surface area (Å²) < 4.78 is 26.0. The number of aliphatic hydroxyl groups excluding tert-OH is 1. The fourth-order valence-electron chi connectivity index (χ4n) is 2.55. The Morgan fingerprint density at radius 3 is 2.58 bits per heavy atom. The minimum Gasteiger partial charge on any atom is -0.505 e. The Balaban J connectivity index is 2.28. The summed E-state index contributed by atoms with van der Waals surface area (Å²) in [6, 6.07) is 13.7. The van der Waals surface area contributed by atoms with Gasteiger partial charge in [0.1, 0.15) is 5.70 Å². The SMILES string of the molecule is CN1C(=C(O)c2cccc(C#N)c2)C(=O)c2ccccc2S1(=O)=O. The number of Topliss-reactive ketones (excluding diaryl/α,β-unsaturated/α-hetero) is 1. The first-order valence-electron chi connectivity index (χ1n) is 6.94. The van der Waals surface area contributed by atoms with E-state index in [1.807, 2.05) is 6.07 Å². The van der Waals surface area contributed by atoms with Gasteiger partial charge in [-0.05, 0) is 24.3 Å². The third-order valence-electron chi connectivity index (χ3n) is 3.79. The van der Waals surface area contributed by atoms with Crippen LogP contribution < -0.4 is 0 Å². The lowest BCUT2D eigenvalue weighted by Crippen LogP contribution is -2.37. The molecule has 0 aliphatic carbocycles. The van der Waals surface area contributed by atoms with Gasteiger partial charge in [-0.15, -0.1) is 0 Å². The normalized spacial score (nSPS) is 17.8. The average Bonchev–Trinajstić information content (AvgIpc) is 2.60. The number of allylic oxidation sites excluding steroid dienone is 1. The van der Waals surface area contributed by atoms with Crippen LogP contribution >= 0.6 is 0 Å². The van der Waals surface area contributed by atoms with Crippen molar-refractivity contribution in [2.45, 2.75) is 4.90 Å². The number of fused-ring (bicyclic) bond motifs is 1. The quantitative estimate of drug-likeness (QED) is 0.634. The van der Waals surface area contributed by atoms with Gasteiger partial charge in [0.25, 0.3) is 10.0 Å². The van der Waals surface area contributed by atoms with Crippen LogP contribution in [0.3, 0.4) is 0 Å². The maximum atomic E-state index is 12.7. The number of sulfonamides is 1. The van der Waals surface area contributed by atoms with Crippen molar-refractivity contribution in [1.29, 1.82) is 5.26 Å². The molecule has 0 amide bonds. The van der Waals surface area contributed by atoms with E-state index in [1.165, 1.54) is 37.4 Å². The van der Waals surface area contributed by atoms with Crippen molar-refractivity contribution in [2.24, 2.45) is 0 Å². The van der Waals surface area contributed by atoms with Gasteiger partial charge in [0.15, 0.2) is 5.76 Å². The summed E-state index contributed by atoms with van der Waals surface area (Å²) in [5.41, 5.74) is 0.144. The maximum Gasteiger partial charge on any atom is 0.265 e. The van der Waals surface area contributed by atoms with Crippen LogP contribution in [0, 0.1) is 11.3 Å². The first kappa shape index (κ1) is 15.8. The van der Waals surface area contributed by atoms with Gasteiger partial charge in [-0.25, -0.2) is 8.42 Å². The highest BCUT2D eigenvalue weighted by atomic mass is 32.2. The van der Waals surface area contributed by atoms with Crippen LogP contribution in [0.15, 0.2) is 59.1 Å². The van der Waals surface area contributed by atoms with Crippen LogP contribution in [0.25, 0.3) is 5.76 Å². The zero-order valence-corrected chi connectivity index (χ0v) is 13.4. The Labute approximate surface area is 138 Å². The first-order chi connectivity index (χ1) is 11.4. The largest absolute Gasteiger partial charge is 0.505 e. The summed E-state index contributed by atoms with van der Waals surface area (Å²) in [5.74, 6) is -1.08. The maximum absolute atomic E-state index is 12.7. The van der Waals surface area contributed by atoms with Gasteiger partial charge < -0.3 is 5.11 Å². The van der Waals surface area contributed by atoms with Gasteiger partial charge in [0.2, 0.25) is 5.78 Å². The molecule has 1 N–H and O–H groups in total. The number of hydrogen-bond acceptors (Lipinski definition) is 5. The summed E-state index contributed by atoms with van der Waals surface area (Å²) >= 11 is 0. The third kappa shape index (κ3) is 2.25. The van der Waals surface area contributed by atoms with E-state index >= 15 is 0 Å². The molecule has 1 heterocycles. The topological polar surface area (TPSA) is 98.5 Å². The summed E-state index contributed by atoms with van der Waals surface area (Å²) in [6.07, 6.45) is 0. The summed E-state index contributed by atoms with van der Waals surface area (Å²) in [7, 11) is -2.73. The number of nitriles is 1. The van der Waals surface area contributed by atoms with E-state index in [9.17, 15) is 18.3 Å². The minimum absolute atomic E-state index is 0.00795. The lowest BCUT2D eigenvalue weighted by Gasteiger charge is -2.28. The molecule has 0 unspecified atom stereocenters. The second kappa shape index (κ2) is 5.51. The van der Waals surface area contributed by atoms with Crippen LogP contribution in [0.4, 0.5) is 0 Å². The van der Waals surface area contributed by atoms with Gasteiger partial charge in [0, 0.05) is 18.2 Å². The van der Waals surface area contributed by atoms with Crippen LogP contribution in [0.5, 0.6) is 0 Å². The average molecular weight is 340 g/mol. The number of carbonyl (C=O) groups excluding carboxylic acids is 1. The molecule has 0 fully saturated rings. The zero-order valence-electron chi connectivity index (χ0n) is 12.6. The number of hydrogen-bond donors (Lipinski definition) is 1. The van der Waals surface area contributed by atoms with Crippen molar-refractivity contribution < 1.29 is 18.3 Å². The standard InChI is InChI=1S/C17H12N2O4S/c1-19-15(16(20)12-6-4-5-11(9-12)10-18)17(21)13-7-2-3-8-14(13)24(19,22)23/h2-9,20H,1H3. The molecule has 1 aliphatic heterocycles. The van der Waals surface area contributed by atoms with Crippen molar-refractivity contribution in [2.75, 3.05) is 7.05 Å². The molecular weight excluding hydrogens is 328 g/mol. The molecule has 2 aromatic carbocycles. The zero-order chi connectivity index (χ0) is 17.5. The van der Waals surface area contributed by atoms with E-state index in [4.69, 9.17) is 5.26 Å². The Kier molecular flexibility index (Phi) is 3.62. The van der Waals surface area contributed by atoms with Crippen LogP contribution in [-0.4, -0.2) is 30.7 Å². The molecule has 0 saturated carbocycles. The van der Waals surface area contributed by atoms with E-state index in [0.717, 1.165) is 4.31 Å². The molecule has 3 rings (SSSR count). The molecule has 2 aromatic rings. The molecule has 0 spiro atoms. The Morgan fingerprint density at radius 1 is 1.17 bits per heavy atom. The molecule has 7 heteroatoms. The van der Waals surface area contributed by atoms with E-state index in [0.29, 0.717) is 0 Å². The van der Waals surface area contributed by atoms with Gasteiger partial charge in [-0.3, -0.25) is 9.10 Å². The van der Waals surface area contributed by atoms with Gasteiger partial charge >= 0.3 is 0 Å². The number of ketones is 1. The van der Waals surface area contributed by atoms with Crippen molar-refractivity contribution >= 4 is 21.6 Å². The molecule has 24 heavy (non-hydrogen) atoms. The second-order valence-corrected chi connectivity index (χ2v) is 7.13. The lowest BCUT2D eigenvalue weighted by atomic mass is 10.0. The molecule has 0 aromatic heterocycles. The van der Waals surface area contributed by atoms with Crippen molar-refractivity contribution in [3.05, 3.63) is 70.9 Å². The Morgan fingerprint density at radius 2 is 1.88 bits per heavy atom. The highest BCUT2D eigenvalue weighted by Gasteiger charge is 2.39.